The van der Waals surface area contributed by atoms with E-state index in [0.717, 1.165) is 23.3 Å². The summed E-state index contributed by atoms with van der Waals surface area (Å²) in [7, 11) is 3.04. The van der Waals surface area contributed by atoms with Gasteiger partial charge in [-0.15, -0.1) is 0 Å². The number of hydrogen-bond donors (Lipinski definition) is 0. The Morgan fingerprint density at radius 2 is 1.85 bits per heavy atom. The van der Waals surface area contributed by atoms with Crippen molar-refractivity contribution >= 4 is 5.91 Å². The molecule has 0 spiro atoms. The maximum absolute atomic E-state index is 13.1. The maximum Gasteiger partial charge on any atom is 0.416 e. The zero-order valence-electron chi connectivity index (χ0n) is 18.0. The van der Waals surface area contributed by atoms with Crippen LogP contribution in [0.2, 0.25) is 0 Å². The summed E-state index contributed by atoms with van der Waals surface area (Å²) in [4.78, 5) is 14.7. The Balaban J connectivity index is 1.68. The Kier molecular flexibility index (Phi) is 6.22. The number of hydrogen-bond acceptors (Lipinski definition) is 5. The Labute approximate surface area is 188 Å². The van der Waals surface area contributed by atoms with Crippen LogP contribution in [0.3, 0.4) is 0 Å². The first kappa shape index (κ1) is 22.6. The van der Waals surface area contributed by atoms with Crippen LogP contribution < -0.4 is 14.2 Å². The van der Waals surface area contributed by atoms with Gasteiger partial charge in [-0.3, -0.25) is 4.79 Å². The van der Waals surface area contributed by atoms with Gasteiger partial charge in [-0.2, -0.15) is 13.2 Å². The van der Waals surface area contributed by atoms with E-state index in [0.29, 0.717) is 24.5 Å². The van der Waals surface area contributed by atoms with Gasteiger partial charge in [-0.25, -0.2) is 0 Å². The van der Waals surface area contributed by atoms with E-state index in [4.69, 9.17) is 18.6 Å². The number of fused-ring (bicyclic) bond motifs is 1. The highest BCUT2D eigenvalue weighted by Crippen LogP contribution is 2.39. The third-order valence-corrected chi connectivity index (χ3v) is 5.56. The standard InChI is InChI=1S/C24H22F3NO5/c1-30-21-11-15-8-9-28(23(29)20-7-4-10-32-20)19(18(15)13-22(21)31-2)14-33-17-6-3-5-16(12-17)24(25,26)27/h3-7,10-13,19H,8-9,14H2,1-2H3/t19-/m0/s1. The van der Waals surface area contributed by atoms with Crippen LogP contribution in [0, 0.1) is 0 Å². The quantitative estimate of drug-likeness (QED) is 0.509. The lowest BCUT2D eigenvalue weighted by Crippen LogP contribution is -2.42. The molecule has 3 aromatic rings. The van der Waals surface area contributed by atoms with Crippen LogP contribution in [0.25, 0.3) is 0 Å². The summed E-state index contributed by atoms with van der Waals surface area (Å²) in [6.45, 7) is 0.314. The Bertz CT molecular complexity index is 1130. The van der Waals surface area contributed by atoms with E-state index in [1.54, 1.807) is 23.1 Å². The predicted molar refractivity (Wildman–Crippen MR) is 113 cm³/mol. The van der Waals surface area contributed by atoms with Crippen LogP contribution in [-0.4, -0.2) is 38.2 Å². The molecular weight excluding hydrogens is 439 g/mol. The Morgan fingerprint density at radius 3 is 2.52 bits per heavy atom. The van der Waals surface area contributed by atoms with Gasteiger partial charge in [0.25, 0.3) is 5.91 Å². The fourth-order valence-corrected chi connectivity index (χ4v) is 3.93. The van der Waals surface area contributed by atoms with Crippen LogP contribution in [-0.2, 0) is 12.6 Å². The van der Waals surface area contributed by atoms with Crippen LogP contribution in [0.15, 0.2) is 59.2 Å². The largest absolute Gasteiger partial charge is 0.493 e. The number of furan rings is 1. The van der Waals surface area contributed by atoms with Crippen molar-refractivity contribution in [3.05, 3.63) is 77.2 Å². The van der Waals surface area contributed by atoms with Gasteiger partial charge in [-0.1, -0.05) is 6.07 Å². The third-order valence-electron chi connectivity index (χ3n) is 5.56. The minimum Gasteiger partial charge on any atom is -0.493 e. The second-order valence-electron chi connectivity index (χ2n) is 7.48. The van der Waals surface area contributed by atoms with Crippen LogP contribution in [0.5, 0.6) is 17.2 Å². The van der Waals surface area contributed by atoms with E-state index < -0.39 is 17.8 Å². The molecule has 0 unspecified atom stereocenters. The number of carbonyl (C=O) groups excluding carboxylic acids is 1. The predicted octanol–water partition coefficient (Wildman–Crippen LogP) is 5.13. The van der Waals surface area contributed by atoms with Crippen molar-refractivity contribution < 1.29 is 36.6 Å². The topological polar surface area (TPSA) is 61.1 Å². The number of ether oxygens (including phenoxy) is 3. The van der Waals surface area contributed by atoms with Crippen LogP contribution in [0.4, 0.5) is 13.2 Å². The van der Waals surface area contributed by atoms with E-state index >= 15 is 0 Å². The molecular formula is C24H22F3NO5. The molecule has 0 bridgehead atoms. The minimum atomic E-state index is -4.48. The lowest BCUT2D eigenvalue weighted by Gasteiger charge is -2.37. The first-order chi connectivity index (χ1) is 15.8. The monoisotopic (exact) mass is 461 g/mol. The minimum absolute atomic E-state index is 0.0582. The summed E-state index contributed by atoms with van der Waals surface area (Å²) in [5.41, 5.74) is 0.901. The number of carbonyl (C=O) groups is 1. The van der Waals surface area contributed by atoms with Crippen molar-refractivity contribution in [3.63, 3.8) is 0 Å². The average Bonchev–Trinajstić information content (AvgIpc) is 3.35. The molecule has 0 fully saturated rings. The number of methoxy groups -OCH3 is 2. The molecule has 0 saturated heterocycles. The van der Waals surface area contributed by atoms with E-state index in [9.17, 15) is 18.0 Å². The summed E-state index contributed by atoms with van der Waals surface area (Å²) < 4.78 is 61.1. The summed E-state index contributed by atoms with van der Waals surface area (Å²) in [5, 5.41) is 0. The van der Waals surface area contributed by atoms with Gasteiger partial charge in [0, 0.05) is 6.54 Å². The third kappa shape index (κ3) is 4.62. The fourth-order valence-electron chi connectivity index (χ4n) is 3.93. The maximum atomic E-state index is 13.1. The van der Waals surface area contributed by atoms with E-state index in [1.807, 2.05) is 6.07 Å². The molecule has 1 atom stereocenters. The van der Waals surface area contributed by atoms with Crippen molar-refractivity contribution in [1.29, 1.82) is 0 Å². The van der Waals surface area contributed by atoms with E-state index in [1.165, 1.54) is 32.6 Å². The molecule has 2 heterocycles. The molecule has 0 N–H and O–H groups in total. The van der Waals surface area contributed by atoms with Gasteiger partial charge in [-0.05, 0) is 60.0 Å². The molecule has 2 aromatic carbocycles. The second kappa shape index (κ2) is 9.09. The molecule has 1 aliphatic heterocycles. The molecule has 6 nitrogen and oxygen atoms in total. The van der Waals surface area contributed by atoms with Gasteiger partial charge >= 0.3 is 6.18 Å². The van der Waals surface area contributed by atoms with Gasteiger partial charge in [0.1, 0.15) is 12.4 Å². The highest BCUT2D eigenvalue weighted by molar-refractivity contribution is 5.92. The molecule has 4 rings (SSSR count). The van der Waals surface area contributed by atoms with Crippen molar-refractivity contribution in [2.75, 3.05) is 27.4 Å². The number of nitrogens with zero attached hydrogens (tertiary/aromatic N) is 1. The molecule has 0 radical (unpaired) electrons. The van der Waals surface area contributed by atoms with E-state index in [-0.39, 0.29) is 24.0 Å². The normalized spacial score (nSPS) is 15.7. The number of benzene rings is 2. The van der Waals surface area contributed by atoms with Gasteiger partial charge < -0.3 is 23.5 Å². The molecule has 33 heavy (non-hydrogen) atoms. The molecule has 1 aliphatic rings. The lowest BCUT2D eigenvalue weighted by molar-refractivity contribution is -0.137. The smallest absolute Gasteiger partial charge is 0.416 e. The number of alkyl halides is 3. The van der Waals surface area contributed by atoms with Gasteiger partial charge in [0.15, 0.2) is 17.3 Å². The van der Waals surface area contributed by atoms with Crippen molar-refractivity contribution in [2.45, 2.75) is 18.6 Å². The summed E-state index contributed by atoms with van der Waals surface area (Å²) in [5.74, 6) is 0.927. The zero-order valence-corrected chi connectivity index (χ0v) is 18.0. The van der Waals surface area contributed by atoms with Gasteiger partial charge in [0.05, 0.1) is 32.1 Å². The van der Waals surface area contributed by atoms with Crippen molar-refractivity contribution in [2.24, 2.45) is 0 Å². The second-order valence-corrected chi connectivity index (χ2v) is 7.48. The van der Waals surface area contributed by atoms with Crippen molar-refractivity contribution in [1.82, 2.24) is 4.90 Å². The molecule has 9 heteroatoms. The van der Waals surface area contributed by atoms with E-state index in [2.05, 4.69) is 0 Å². The molecule has 1 amide bonds. The molecule has 174 valence electrons. The van der Waals surface area contributed by atoms with Crippen molar-refractivity contribution in [3.8, 4) is 17.2 Å². The summed E-state index contributed by atoms with van der Waals surface area (Å²) >= 11 is 0. The average molecular weight is 461 g/mol. The number of amides is 1. The molecule has 1 aromatic heterocycles. The SMILES string of the molecule is COc1cc2c(cc1OC)[C@H](COc1cccc(C(F)(F)F)c1)N(C(=O)c1ccco1)CC2. The number of rotatable bonds is 6. The summed E-state index contributed by atoms with van der Waals surface area (Å²) in [6.07, 6.45) is -2.52. The highest BCUT2D eigenvalue weighted by atomic mass is 19.4. The first-order valence-corrected chi connectivity index (χ1v) is 10.2. The molecule has 0 saturated carbocycles. The molecule has 0 aliphatic carbocycles. The van der Waals surface area contributed by atoms with Crippen LogP contribution in [0.1, 0.15) is 33.3 Å². The highest BCUT2D eigenvalue weighted by Gasteiger charge is 2.35. The fraction of sp³-hybridized carbons (Fsp3) is 0.292. The lowest BCUT2D eigenvalue weighted by atomic mass is 9.92. The Morgan fingerprint density at radius 1 is 1.09 bits per heavy atom. The van der Waals surface area contributed by atoms with Gasteiger partial charge in [0.2, 0.25) is 0 Å². The first-order valence-electron chi connectivity index (χ1n) is 10.2. The Hall–Kier alpha value is -3.62. The van der Waals surface area contributed by atoms with Crippen LogP contribution >= 0.6 is 0 Å². The zero-order chi connectivity index (χ0) is 23.6. The number of halogens is 3. The summed E-state index contributed by atoms with van der Waals surface area (Å²) in [6, 6.07) is 10.9.